The Morgan fingerprint density at radius 3 is 2.48 bits per heavy atom. The number of aryl methyl sites for hydroxylation is 1. The molecule has 1 aromatic heterocycles. The number of aliphatic hydroxyl groups excluding tert-OH is 1. The van der Waals surface area contributed by atoms with Gasteiger partial charge in [-0.3, -0.25) is 0 Å². The lowest BCUT2D eigenvalue weighted by molar-refractivity contribution is 0.322. The third-order valence-electron chi connectivity index (χ3n) is 3.85. The minimum atomic E-state index is 0.119. The van der Waals surface area contributed by atoms with Gasteiger partial charge in [0.1, 0.15) is 5.75 Å². The number of rotatable bonds is 8. The molecule has 0 aliphatic carbocycles. The van der Waals surface area contributed by atoms with Gasteiger partial charge in [0.2, 0.25) is 0 Å². The van der Waals surface area contributed by atoms with Crippen LogP contribution in [0.1, 0.15) is 5.56 Å². The zero-order chi connectivity index (χ0) is 17.5. The molecule has 0 saturated carbocycles. The summed E-state index contributed by atoms with van der Waals surface area (Å²) in [6.45, 7) is 0.903. The van der Waals surface area contributed by atoms with Gasteiger partial charge in [0.15, 0.2) is 11.0 Å². The van der Waals surface area contributed by atoms with Crippen molar-refractivity contribution in [1.29, 1.82) is 0 Å². The molecule has 0 spiro atoms. The van der Waals surface area contributed by atoms with Crippen molar-refractivity contribution < 1.29 is 9.84 Å². The number of methoxy groups -OCH3 is 1. The molecule has 1 heterocycles. The van der Waals surface area contributed by atoms with Crippen LogP contribution in [0.4, 0.5) is 0 Å². The quantitative estimate of drug-likeness (QED) is 0.628. The van der Waals surface area contributed by atoms with Crippen molar-refractivity contribution >= 4 is 11.8 Å². The number of aromatic nitrogens is 3. The van der Waals surface area contributed by atoms with Crippen LogP contribution in [0, 0.1) is 0 Å². The van der Waals surface area contributed by atoms with Crippen molar-refractivity contribution in [2.45, 2.75) is 18.1 Å². The van der Waals surface area contributed by atoms with E-state index < -0.39 is 0 Å². The van der Waals surface area contributed by atoms with E-state index in [0.29, 0.717) is 5.75 Å². The van der Waals surface area contributed by atoms with E-state index >= 15 is 0 Å². The Morgan fingerprint density at radius 2 is 1.80 bits per heavy atom. The number of ether oxygens (including phenoxy) is 1. The molecule has 130 valence electrons. The smallest absolute Gasteiger partial charge is 0.191 e. The first-order chi connectivity index (χ1) is 12.3. The zero-order valence-electron chi connectivity index (χ0n) is 14.1. The molecule has 0 aliphatic heterocycles. The summed E-state index contributed by atoms with van der Waals surface area (Å²) in [5.41, 5.74) is 2.27. The number of thioether (sulfide) groups is 1. The molecule has 1 N–H and O–H groups in total. The molecule has 6 heteroatoms. The lowest BCUT2D eigenvalue weighted by atomic mass is 10.1. The maximum Gasteiger partial charge on any atom is 0.191 e. The molecule has 0 atom stereocenters. The van der Waals surface area contributed by atoms with Gasteiger partial charge in [0, 0.05) is 17.9 Å². The molecule has 25 heavy (non-hydrogen) atoms. The summed E-state index contributed by atoms with van der Waals surface area (Å²) in [7, 11) is 1.65. The number of aliphatic hydroxyl groups is 1. The number of hydrogen-bond acceptors (Lipinski definition) is 5. The second kappa shape index (κ2) is 8.69. The molecule has 0 radical (unpaired) electrons. The Kier molecular flexibility index (Phi) is 6.09. The van der Waals surface area contributed by atoms with Crippen molar-refractivity contribution in [2.75, 3.05) is 19.5 Å². The second-order valence-corrected chi connectivity index (χ2v) is 6.56. The molecule has 0 fully saturated rings. The first-order valence-electron chi connectivity index (χ1n) is 8.17. The fourth-order valence-electron chi connectivity index (χ4n) is 2.57. The summed E-state index contributed by atoms with van der Waals surface area (Å²) >= 11 is 1.52. The van der Waals surface area contributed by atoms with Gasteiger partial charge in [-0.25, -0.2) is 0 Å². The monoisotopic (exact) mass is 355 g/mol. The van der Waals surface area contributed by atoms with Crippen molar-refractivity contribution in [3.05, 3.63) is 60.2 Å². The van der Waals surface area contributed by atoms with Crippen molar-refractivity contribution in [1.82, 2.24) is 14.8 Å². The fourth-order valence-corrected chi connectivity index (χ4v) is 3.28. The average molecular weight is 355 g/mol. The van der Waals surface area contributed by atoms with Crippen molar-refractivity contribution in [3.8, 4) is 17.1 Å². The molecular formula is C19H21N3O2S. The lowest BCUT2D eigenvalue weighted by Crippen LogP contribution is -2.06. The van der Waals surface area contributed by atoms with E-state index in [1.54, 1.807) is 7.11 Å². The van der Waals surface area contributed by atoms with Crippen LogP contribution >= 0.6 is 11.8 Å². The molecule has 0 aliphatic rings. The summed E-state index contributed by atoms with van der Waals surface area (Å²) in [5.74, 6) is 2.25. The Hall–Kier alpha value is -2.31. The highest BCUT2D eigenvalue weighted by molar-refractivity contribution is 7.99. The molecule has 0 saturated heterocycles. The fraction of sp³-hybridized carbons (Fsp3) is 0.263. The summed E-state index contributed by atoms with van der Waals surface area (Å²) < 4.78 is 7.34. The molecule has 0 bridgehead atoms. The van der Waals surface area contributed by atoms with Gasteiger partial charge in [-0.05, 0) is 36.2 Å². The van der Waals surface area contributed by atoms with Crippen LogP contribution in [0.2, 0.25) is 0 Å². The maximum atomic E-state index is 9.12. The normalized spacial score (nSPS) is 10.8. The van der Waals surface area contributed by atoms with Crippen LogP contribution < -0.4 is 4.74 Å². The number of benzene rings is 2. The SMILES string of the molecule is COc1ccc(-c2nnc(SCCO)n2CCc2ccccc2)cc1. The second-order valence-electron chi connectivity index (χ2n) is 5.49. The highest BCUT2D eigenvalue weighted by atomic mass is 32.2. The maximum absolute atomic E-state index is 9.12. The van der Waals surface area contributed by atoms with Gasteiger partial charge in [-0.1, -0.05) is 42.1 Å². The summed E-state index contributed by atoms with van der Waals surface area (Å²) in [6, 6.07) is 18.2. The highest BCUT2D eigenvalue weighted by Gasteiger charge is 2.14. The highest BCUT2D eigenvalue weighted by Crippen LogP contribution is 2.26. The minimum Gasteiger partial charge on any atom is -0.497 e. The lowest BCUT2D eigenvalue weighted by Gasteiger charge is -2.10. The van der Waals surface area contributed by atoms with E-state index in [1.807, 2.05) is 42.5 Å². The van der Waals surface area contributed by atoms with E-state index in [0.717, 1.165) is 35.3 Å². The average Bonchev–Trinajstić information content (AvgIpc) is 3.08. The summed E-state index contributed by atoms with van der Waals surface area (Å²) in [6.07, 6.45) is 0.898. The van der Waals surface area contributed by atoms with Gasteiger partial charge in [-0.2, -0.15) is 0 Å². The number of nitrogens with zero attached hydrogens (tertiary/aromatic N) is 3. The summed E-state index contributed by atoms with van der Waals surface area (Å²) in [4.78, 5) is 0. The van der Waals surface area contributed by atoms with Crippen LogP contribution in [0.5, 0.6) is 5.75 Å². The number of hydrogen-bond donors (Lipinski definition) is 1. The first-order valence-corrected chi connectivity index (χ1v) is 9.15. The van der Waals surface area contributed by atoms with Gasteiger partial charge in [-0.15, -0.1) is 10.2 Å². The standard InChI is InChI=1S/C19H21N3O2S/c1-24-17-9-7-16(8-10-17)18-20-21-19(25-14-13-23)22(18)12-11-15-5-3-2-4-6-15/h2-10,23H,11-14H2,1H3. The predicted molar refractivity (Wildman–Crippen MR) is 100.0 cm³/mol. The Bertz CT molecular complexity index is 788. The van der Waals surface area contributed by atoms with E-state index in [-0.39, 0.29) is 6.61 Å². The molecule has 5 nitrogen and oxygen atoms in total. The van der Waals surface area contributed by atoms with Crippen LogP contribution in [-0.4, -0.2) is 39.3 Å². The third kappa shape index (κ3) is 4.41. The van der Waals surface area contributed by atoms with Crippen LogP contribution in [-0.2, 0) is 13.0 Å². The van der Waals surface area contributed by atoms with E-state index in [2.05, 4.69) is 26.9 Å². The minimum absolute atomic E-state index is 0.119. The molecule has 3 rings (SSSR count). The van der Waals surface area contributed by atoms with Crippen LogP contribution in [0.25, 0.3) is 11.4 Å². The molecule has 2 aromatic carbocycles. The predicted octanol–water partition coefficient (Wildman–Crippen LogP) is 3.28. The van der Waals surface area contributed by atoms with Crippen molar-refractivity contribution in [2.24, 2.45) is 0 Å². The van der Waals surface area contributed by atoms with Crippen molar-refractivity contribution in [3.63, 3.8) is 0 Å². The van der Waals surface area contributed by atoms with Gasteiger partial charge < -0.3 is 14.4 Å². The third-order valence-corrected chi connectivity index (χ3v) is 4.80. The van der Waals surface area contributed by atoms with Crippen LogP contribution in [0.15, 0.2) is 59.8 Å². The Balaban J connectivity index is 1.87. The molecular weight excluding hydrogens is 334 g/mol. The van der Waals surface area contributed by atoms with Gasteiger partial charge >= 0.3 is 0 Å². The topological polar surface area (TPSA) is 60.2 Å². The van der Waals surface area contributed by atoms with E-state index in [1.165, 1.54) is 17.3 Å². The van der Waals surface area contributed by atoms with E-state index in [4.69, 9.17) is 9.84 Å². The Labute approximate surface area is 151 Å². The zero-order valence-corrected chi connectivity index (χ0v) is 14.9. The van der Waals surface area contributed by atoms with Gasteiger partial charge in [0.25, 0.3) is 0 Å². The molecule has 0 unspecified atom stereocenters. The largest absolute Gasteiger partial charge is 0.497 e. The first kappa shape index (κ1) is 17.5. The van der Waals surface area contributed by atoms with E-state index in [9.17, 15) is 0 Å². The Morgan fingerprint density at radius 1 is 1.04 bits per heavy atom. The van der Waals surface area contributed by atoms with Gasteiger partial charge in [0.05, 0.1) is 13.7 Å². The van der Waals surface area contributed by atoms with Crippen LogP contribution in [0.3, 0.4) is 0 Å². The summed E-state index contributed by atoms with van der Waals surface area (Å²) in [5, 5.41) is 18.6. The molecule has 3 aromatic rings. The molecule has 0 amide bonds.